The second-order valence-electron chi connectivity index (χ2n) is 8.24. The van der Waals surface area contributed by atoms with Gasteiger partial charge in [-0.1, -0.05) is 54.6 Å². The number of nitrogens with one attached hydrogen (secondary N) is 2. The summed E-state index contributed by atoms with van der Waals surface area (Å²) in [4.78, 5) is 24.5. The molecule has 8 nitrogen and oxygen atoms in total. The SMILES string of the molecule is CCOc1cc(C=NNC(=O)CNC(=O)c2ccccc2OC)ccc1OCc1cccc2ccccc12. The highest BCUT2D eigenvalue weighted by molar-refractivity contribution is 5.98. The highest BCUT2D eigenvalue weighted by Crippen LogP contribution is 2.30. The average Bonchev–Trinajstić information content (AvgIpc) is 2.95. The number of nitrogens with zero attached hydrogens (tertiary/aromatic N) is 1. The van der Waals surface area contributed by atoms with Crippen molar-refractivity contribution < 1.29 is 23.8 Å². The minimum atomic E-state index is -0.468. The van der Waals surface area contributed by atoms with Crippen molar-refractivity contribution in [2.24, 2.45) is 5.10 Å². The highest BCUT2D eigenvalue weighted by atomic mass is 16.5. The number of fused-ring (bicyclic) bond motifs is 1. The van der Waals surface area contributed by atoms with Crippen LogP contribution in [0.2, 0.25) is 0 Å². The number of amides is 2. The molecule has 0 spiro atoms. The Morgan fingerprint density at radius 1 is 0.868 bits per heavy atom. The monoisotopic (exact) mass is 511 g/mol. The highest BCUT2D eigenvalue weighted by Gasteiger charge is 2.12. The van der Waals surface area contributed by atoms with Gasteiger partial charge in [0, 0.05) is 0 Å². The van der Waals surface area contributed by atoms with E-state index in [0.29, 0.717) is 41.6 Å². The van der Waals surface area contributed by atoms with Crippen LogP contribution in [-0.2, 0) is 11.4 Å². The second-order valence-corrected chi connectivity index (χ2v) is 8.24. The Morgan fingerprint density at radius 2 is 1.66 bits per heavy atom. The molecule has 0 aliphatic heterocycles. The number of hydrogen-bond acceptors (Lipinski definition) is 6. The maximum atomic E-state index is 12.3. The van der Waals surface area contributed by atoms with Crippen LogP contribution in [0.4, 0.5) is 0 Å². The van der Waals surface area contributed by atoms with E-state index in [1.165, 1.54) is 13.3 Å². The van der Waals surface area contributed by atoms with Gasteiger partial charge in [-0.25, -0.2) is 5.43 Å². The summed E-state index contributed by atoms with van der Waals surface area (Å²) in [5.41, 5.74) is 4.55. The lowest BCUT2D eigenvalue weighted by Gasteiger charge is -2.13. The first-order chi connectivity index (χ1) is 18.6. The number of benzene rings is 4. The number of rotatable bonds is 11. The van der Waals surface area contributed by atoms with Crippen LogP contribution in [0.15, 0.2) is 90.0 Å². The van der Waals surface area contributed by atoms with Crippen LogP contribution >= 0.6 is 0 Å². The third-order valence-corrected chi connectivity index (χ3v) is 5.69. The van der Waals surface area contributed by atoms with Crippen molar-refractivity contribution in [3.63, 3.8) is 0 Å². The summed E-state index contributed by atoms with van der Waals surface area (Å²) in [7, 11) is 1.48. The Labute approximate surface area is 221 Å². The van der Waals surface area contributed by atoms with Crippen molar-refractivity contribution in [3.05, 3.63) is 102 Å². The molecule has 0 aromatic heterocycles. The first-order valence-electron chi connectivity index (χ1n) is 12.2. The van der Waals surface area contributed by atoms with Crippen LogP contribution in [0.25, 0.3) is 10.8 Å². The topological polar surface area (TPSA) is 98.2 Å². The molecule has 8 heteroatoms. The number of para-hydroxylation sites is 1. The van der Waals surface area contributed by atoms with Gasteiger partial charge in [-0.2, -0.15) is 5.10 Å². The minimum Gasteiger partial charge on any atom is -0.496 e. The molecular weight excluding hydrogens is 482 g/mol. The molecular formula is C30H29N3O5. The fourth-order valence-electron chi connectivity index (χ4n) is 3.87. The van der Waals surface area contributed by atoms with E-state index in [1.807, 2.05) is 43.3 Å². The summed E-state index contributed by atoms with van der Waals surface area (Å²) in [6, 6.07) is 26.5. The molecule has 4 aromatic rings. The van der Waals surface area contributed by atoms with E-state index >= 15 is 0 Å². The molecule has 4 aromatic carbocycles. The molecule has 0 radical (unpaired) electrons. The van der Waals surface area contributed by atoms with Crippen molar-refractivity contribution in [1.29, 1.82) is 0 Å². The standard InChI is InChI=1S/C30H29N3O5/c1-3-37-28-17-21(15-16-27(28)38-20-23-11-8-10-22-9-4-5-12-24(22)23)18-32-33-29(34)19-31-30(35)25-13-6-7-14-26(25)36-2/h4-18H,3,19-20H2,1-2H3,(H,31,35)(H,33,34). The van der Waals surface area contributed by atoms with Gasteiger partial charge >= 0.3 is 0 Å². The van der Waals surface area contributed by atoms with E-state index in [-0.39, 0.29) is 6.54 Å². The number of methoxy groups -OCH3 is 1. The average molecular weight is 512 g/mol. The predicted molar refractivity (Wildman–Crippen MR) is 147 cm³/mol. The molecule has 0 fully saturated rings. The Bertz CT molecular complexity index is 1450. The number of ether oxygens (including phenoxy) is 3. The van der Waals surface area contributed by atoms with Gasteiger partial charge in [-0.05, 0) is 59.2 Å². The summed E-state index contributed by atoms with van der Waals surface area (Å²) in [6.07, 6.45) is 1.50. The Morgan fingerprint density at radius 3 is 2.50 bits per heavy atom. The summed E-state index contributed by atoms with van der Waals surface area (Å²) < 4.78 is 17.0. The molecule has 194 valence electrons. The van der Waals surface area contributed by atoms with Gasteiger partial charge < -0.3 is 19.5 Å². The van der Waals surface area contributed by atoms with Crippen molar-refractivity contribution in [2.75, 3.05) is 20.3 Å². The van der Waals surface area contributed by atoms with Crippen LogP contribution in [-0.4, -0.2) is 38.3 Å². The van der Waals surface area contributed by atoms with Gasteiger partial charge in [0.1, 0.15) is 12.4 Å². The van der Waals surface area contributed by atoms with Crippen molar-refractivity contribution in [1.82, 2.24) is 10.7 Å². The summed E-state index contributed by atoms with van der Waals surface area (Å²) in [6.45, 7) is 2.52. The lowest BCUT2D eigenvalue weighted by atomic mass is 10.1. The van der Waals surface area contributed by atoms with Gasteiger partial charge in [-0.15, -0.1) is 0 Å². The van der Waals surface area contributed by atoms with Crippen molar-refractivity contribution in [3.8, 4) is 17.2 Å². The second kappa shape index (κ2) is 12.9. The number of carbonyl (C=O) groups is 2. The smallest absolute Gasteiger partial charge is 0.259 e. The number of carbonyl (C=O) groups excluding carboxylic acids is 2. The first kappa shape index (κ1) is 26.2. The van der Waals surface area contributed by atoms with Gasteiger partial charge in [-0.3, -0.25) is 9.59 Å². The molecule has 4 rings (SSSR count). The Kier molecular flexibility index (Phi) is 8.91. The molecule has 2 amide bonds. The molecule has 0 atom stereocenters. The molecule has 2 N–H and O–H groups in total. The van der Waals surface area contributed by atoms with Gasteiger partial charge in [0.25, 0.3) is 11.8 Å². The summed E-state index contributed by atoms with van der Waals surface area (Å²) in [5.74, 6) is 0.733. The quantitative estimate of drug-likeness (QED) is 0.225. The third-order valence-electron chi connectivity index (χ3n) is 5.69. The van der Waals surface area contributed by atoms with E-state index < -0.39 is 11.8 Å². The van der Waals surface area contributed by atoms with E-state index in [9.17, 15) is 9.59 Å². The van der Waals surface area contributed by atoms with Crippen LogP contribution in [0.3, 0.4) is 0 Å². The van der Waals surface area contributed by atoms with Crippen LogP contribution in [0.1, 0.15) is 28.4 Å². The predicted octanol–water partition coefficient (Wildman–Crippen LogP) is 4.71. The van der Waals surface area contributed by atoms with E-state index in [0.717, 1.165) is 16.3 Å². The Balaban J connectivity index is 1.34. The molecule has 0 unspecified atom stereocenters. The summed E-state index contributed by atoms with van der Waals surface area (Å²) in [5, 5.41) is 8.84. The van der Waals surface area contributed by atoms with Crippen molar-refractivity contribution in [2.45, 2.75) is 13.5 Å². The molecule has 0 saturated heterocycles. The maximum absolute atomic E-state index is 12.3. The summed E-state index contributed by atoms with van der Waals surface area (Å²) >= 11 is 0. The van der Waals surface area contributed by atoms with E-state index in [4.69, 9.17) is 14.2 Å². The van der Waals surface area contributed by atoms with Gasteiger partial charge in [0.15, 0.2) is 11.5 Å². The molecule has 0 aliphatic carbocycles. The first-order valence-corrected chi connectivity index (χ1v) is 12.2. The zero-order chi connectivity index (χ0) is 26.7. The van der Waals surface area contributed by atoms with Gasteiger partial charge in [0.05, 0.1) is 32.0 Å². The van der Waals surface area contributed by atoms with Crippen LogP contribution in [0.5, 0.6) is 17.2 Å². The number of hydrazone groups is 1. The molecule has 0 heterocycles. The largest absolute Gasteiger partial charge is 0.496 e. The van der Waals surface area contributed by atoms with Crippen LogP contribution < -0.4 is 25.0 Å². The molecule has 0 aliphatic rings. The fraction of sp³-hybridized carbons (Fsp3) is 0.167. The lowest BCUT2D eigenvalue weighted by molar-refractivity contribution is -0.120. The zero-order valence-electron chi connectivity index (χ0n) is 21.3. The number of hydrogen-bond donors (Lipinski definition) is 2. The van der Waals surface area contributed by atoms with Gasteiger partial charge in [0.2, 0.25) is 0 Å². The van der Waals surface area contributed by atoms with Crippen molar-refractivity contribution >= 4 is 28.8 Å². The normalized spacial score (nSPS) is 10.8. The molecule has 0 bridgehead atoms. The minimum absolute atomic E-state index is 0.237. The third kappa shape index (κ3) is 6.67. The van der Waals surface area contributed by atoms with Crippen LogP contribution in [0, 0.1) is 0 Å². The lowest BCUT2D eigenvalue weighted by Crippen LogP contribution is -2.35. The van der Waals surface area contributed by atoms with E-state index in [1.54, 1.807) is 30.3 Å². The Hall–Kier alpha value is -4.85. The fourth-order valence-corrected chi connectivity index (χ4v) is 3.87. The maximum Gasteiger partial charge on any atom is 0.259 e. The zero-order valence-corrected chi connectivity index (χ0v) is 21.3. The molecule has 38 heavy (non-hydrogen) atoms. The molecule has 0 saturated carbocycles. The van der Waals surface area contributed by atoms with E-state index in [2.05, 4.69) is 34.0 Å².